The molecule has 6 nitrogen and oxygen atoms in total. The Hall–Kier alpha value is -2.84. The summed E-state index contributed by atoms with van der Waals surface area (Å²) in [6.07, 6.45) is -5.20. The van der Waals surface area contributed by atoms with Gasteiger partial charge in [0.15, 0.2) is 0 Å². The van der Waals surface area contributed by atoms with Crippen molar-refractivity contribution in [1.29, 1.82) is 0 Å². The number of rotatable bonds is 3. The third-order valence-electron chi connectivity index (χ3n) is 5.83. The molecule has 0 amide bonds. The Balaban J connectivity index is 1.75. The van der Waals surface area contributed by atoms with Crippen LogP contribution < -0.4 is 0 Å². The van der Waals surface area contributed by atoms with Crippen LogP contribution in [-0.4, -0.2) is 62.1 Å². The number of hydrogen-bond acceptors (Lipinski definition) is 5. The molecule has 1 aromatic heterocycles. The highest BCUT2D eigenvalue weighted by molar-refractivity contribution is 6.08. The number of aromatic nitrogens is 1. The molecule has 0 unspecified atom stereocenters. The van der Waals surface area contributed by atoms with Gasteiger partial charge in [-0.15, -0.1) is 5.92 Å². The van der Waals surface area contributed by atoms with Crippen LogP contribution in [0.15, 0.2) is 36.4 Å². The molecular formula is C26H27NO5. The molecule has 4 N–H and O–H groups in total. The Bertz CT molecular complexity index is 1250. The average molecular weight is 434 g/mol. The number of aliphatic hydroxyl groups is 4. The van der Waals surface area contributed by atoms with Crippen LogP contribution in [0.3, 0.4) is 0 Å². The number of benzene rings is 2. The zero-order valence-corrected chi connectivity index (χ0v) is 18.1. The van der Waals surface area contributed by atoms with Crippen molar-refractivity contribution in [2.45, 2.75) is 57.3 Å². The van der Waals surface area contributed by atoms with Crippen molar-refractivity contribution < 1.29 is 25.2 Å². The fraction of sp³-hybridized carbons (Fsp3) is 0.385. The van der Waals surface area contributed by atoms with Gasteiger partial charge < -0.3 is 29.7 Å². The van der Waals surface area contributed by atoms with Crippen LogP contribution in [0.25, 0.3) is 21.8 Å². The highest BCUT2D eigenvalue weighted by Crippen LogP contribution is 2.31. The lowest BCUT2D eigenvalue weighted by molar-refractivity contribution is -0.214. The molecule has 5 atom stereocenters. The van der Waals surface area contributed by atoms with E-state index >= 15 is 0 Å². The normalized spacial score (nSPS) is 25.2. The van der Waals surface area contributed by atoms with Crippen LogP contribution in [0.2, 0.25) is 0 Å². The standard InChI is InChI=1S/C26H27NO5/c1-3-5-16-6-9-18-19-10-7-17(14-21(19)27(12-4-2)20(18)13-16)8-11-22-24(29)26(31)25(30)23(15-28)32-22/h6-7,9-10,13-14,22-26,28-31H,4,12,15H2,1-2H3/t22-,23-,24-,25-,26-/m1/s1. The lowest BCUT2D eigenvalue weighted by Gasteiger charge is -2.37. The van der Waals surface area contributed by atoms with E-state index in [1.165, 1.54) is 0 Å². The van der Waals surface area contributed by atoms with Crippen molar-refractivity contribution in [1.82, 2.24) is 4.57 Å². The van der Waals surface area contributed by atoms with E-state index in [2.05, 4.69) is 47.3 Å². The molecule has 0 saturated carbocycles. The molecule has 2 heterocycles. The van der Waals surface area contributed by atoms with Crippen molar-refractivity contribution in [3.8, 4) is 23.7 Å². The molecule has 1 aliphatic heterocycles. The van der Waals surface area contributed by atoms with E-state index in [4.69, 9.17) is 4.74 Å². The summed E-state index contributed by atoms with van der Waals surface area (Å²) in [5.74, 6) is 11.9. The Morgan fingerprint density at radius 3 is 2.09 bits per heavy atom. The second kappa shape index (κ2) is 9.34. The largest absolute Gasteiger partial charge is 0.394 e. The van der Waals surface area contributed by atoms with Crippen LogP contribution in [0.1, 0.15) is 31.4 Å². The number of aliphatic hydroxyl groups excluding tert-OH is 4. The van der Waals surface area contributed by atoms with Gasteiger partial charge in [-0.3, -0.25) is 0 Å². The monoisotopic (exact) mass is 433 g/mol. The molecule has 32 heavy (non-hydrogen) atoms. The molecule has 0 spiro atoms. The van der Waals surface area contributed by atoms with Gasteiger partial charge in [-0.05, 0) is 37.6 Å². The van der Waals surface area contributed by atoms with Crippen LogP contribution in [0.4, 0.5) is 0 Å². The van der Waals surface area contributed by atoms with Crippen molar-refractivity contribution in [2.75, 3.05) is 6.61 Å². The Labute approximate surface area is 187 Å². The molecule has 3 aromatic rings. The first-order valence-corrected chi connectivity index (χ1v) is 10.8. The zero-order valence-electron chi connectivity index (χ0n) is 18.1. The molecule has 4 rings (SSSR count). The number of aryl methyl sites for hydroxylation is 1. The van der Waals surface area contributed by atoms with Gasteiger partial charge in [-0.2, -0.15) is 0 Å². The Kier molecular flexibility index (Phi) is 6.53. The SMILES string of the molecule is CC#Cc1ccc2c3ccc(C#C[C@H]4O[C@H](CO)[C@@H](O)[C@H](O)[C@@H]4O)cc3n(CCC)c2c1. The molecule has 1 fully saturated rings. The van der Waals surface area contributed by atoms with Gasteiger partial charge in [0, 0.05) is 28.4 Å². The lowest BCUT2D eigenvalue weighted by atomic mass is 9.95. The third kappa shape index (κ3) is 4.00. The minimum atomic E-state index is -1.44. The van der Waals surface area contributed by atoms with E-state index in [1.807, 2.05) is 31.2 Å². The van der Waals surface area contributed by atoms with Gasteiger partial charge in [-0.25, -0.2) is 0 Å². The second-order valence-electron chi connectivity index (χ2n) is 8.01. The van der Waals surface area contributed by atoms with E-state index in [9.17, 15) is 20.4 Å². The number of fused-ring (bicyclic) bond motifs is 3. The minimum Gasteiger partial charge on any atom is -0.394 e. The molecule has 0 radical (unpaired) electrons. The van der Waals surface area contributed by atoms with E-state index in [-0.39, 0.29) is 0 Å². The zero-order chi connectivity index (χ0) is 22.8. The van der Waals surface area contributed by atoms with E-state index in [0.717, 1.165) is 45.9 Å². The van der Waals surface area contributed by atoms with Crippen LogP contribution in [0, 0.1) is 23.7 Å². The summed E-state index contributed by atoms with van der Waals surface area (Å²) in [5.41, 5.74) is 3.90. The molecule has 6 heteroatoms. The van der Waals surface area contributed by atoms with Gasteiger partial charge >= 0.3 is 0 Å². The second-order valence-corrected chi connectivity index (χ2v) is 8.01. The van der Waals surface area contributed by atoms with E-state index in [0.29, 0.717) is 0 Å². The minimum absolute atomic E-state index is 0.476. The fourth-order valence-electron chi connectivity index (χ4n) is 4.23. The predicted molar refractivity (Wildman–Crippen MR) is 123 cm³/mol. The van der Waals surface area contributed by atoms with E-state index < -0.39 is 37.1 Å². The first kappa shape index (κ1) is 22.4. The first-order chi connectivity index (χ1) is 15.5. The van der Waals surface area contributed by atoms with Crippen LogP contribution in [-0.2, 0) is 11.3 Å². The maximum absolute atomic E-state index is 10.2. The smallest absolute Gasteiger partial charge is 0.147 e. The van der Waals surface area contributed by atoms with Gasteiger partial charge in [0.05, 0.1) is 17.6 Å². The summed E-state index contributed by atoms with van der Waals surface area (Å²) in [6, 6.07) is 12.2. The molecule has 0 bridgehead atoms. The summed E-state index contributed by atoms with van der Waals surface area (Å²) >= 11 is 0. The first-order valence-electron chi connectivity index (χ1n) is 10.8. The maximum atomic E-state index is 10.2. The molecular weight excluding hydrogens is 406 g/mol. The Morgan fingerprint density at radius 2 is 1.53 bits per heavy atom. The molecule has 0 aliphatic carbocycles. The highest BCUT2D eigenvalue weighted by atomic mass is 16.5. The number of nitrogens with zero attached hydrogens (tertiary/aromatic N) is 1. The van der Waals surface area contributed by atoms with E-state index in [1.54, 1.807) is 0 Å². The topological polar surface area (TPSA) is 95.1 Å². The highest BCUT2D eigenvalue weighted by Gasteiger charge is 2.42. The predicted octanol–water partition coefficient (Wildman–Crippen LogP) is 1.77. The fourth-order valence-corrected chi connectivity index (χ4v) is 4.23. The summed E-state index contributed by atoms with van der Waals surface area (Å²) in [4.78, 5) is 0. The summed E-state index contributed by atoms with van der Waals surface area (Å²) in [6.45, 7) is 4.34. The Morgan fingerprint density at radius 1 is 0.906 bits per heavy atom. The lowest BCUT2D eigenvalue weighted by Crippen LogP contribution is -2.58. The summed E-state index contributed by atoms with van der Waals surface area (Å²) in [5, 5.41) is 41.8. The molecule has 2 aromatic carbocycles. The number of hydrogen-bond donors (Lipinski definition) is 4. The van der Waals surface area contributed by atoms with Crippen molar-refractivity contribution in [2.24, 2.45) is 0 Å². The van der Waals surface area contributed by atoms with Gasteiger partial charge in [0.1, 0.15) is 30.5 Å². The third-order valence-corrected chi connectivity index (χ3v) is 5.83. The maximum Gasteiger partial charge on any atom is 0.147 e. The summed E-state index contributed by atoms with van der Waals surface area (Å²) in [7, 11) is 0. The number of ether oxygens (including phenoxy) is 1. The summed E-state index contributed by atoms with van der Waals surface area (Å²) < 4.78 is 7.75. The van der Waals surface area contributed by atoms with Crippen molar-refractivity contribution >= 4 is 21.8 Å². The molecule has 166 valence electrons. The van der Waals surface area contributed by atoms with Crippen molar-refractivity contribution in [3.05, 3.63) is 47.5 Å². The molecule has 1 saturated heterocycles. The van der Waals surface area contributed by atoms with Crippen LogP contribution >= 0.6 is 0 Å². The van der Waals surface area contributed by atoms with Gasteiger partial charge in [0.25, 0.3) is 0 Å². The average Bonchev–Trinajstić information content (AvgIpc) is 3.10. The van der Waals surface area contributed by atoms with Gasteiger partial charge in [-0.1, -0.05) is 36.8 Å². The van der Waals surface area contributed by atoms with Gasteiger partial charge in [0.2, 0.25) is 0 Å². The quantitative estimate of drug-likeness (QED) is 0.473. The van der Waals surface area contributed by atoms with Crippen molar-refractivity contribution in [3.63, 3.8) is 0 Å². The van der Waals surface area contributed by atoms with Crippen LogP contribution in [0.5, 0.6) is 0 Å². The molecule has 1 aliphatic rings.